The lowest BCUT2D eigenvalue weighted by molar-refractivity contribution is 0.0886. The molecule has 0 bridgehead atoms. The standard InChI is InChI=1S/C14H15F2NO/c1-17-3-2-8-4-14(18)10-6-13(16)12(15)5-9(10)11(8)7-17/h5-6,8,11H,2-4,7H2,1H3. The molecule has 0 aromatic heterocycles. The molecule has 1 heterocycles. The molecule has 1 aromatic rings. The Balaban J connectivity index is 2.09. The SMILES string of the molecule is CN1CCC2CC(=O)c3cc(F)c(F)cc3C2C1. The van der Waals surface area contributed by atoms with Gasteiger partial charge in [-0.3, -0.25) is 4.79 Å². The summed E-state index contributed by atoms with van der Waals surface area (Å²) >= 11 is 0. The van der Waals surface area contributed by atoms with Crippen molar-refractivity contribution in [3.8, 4) is 0 Å². The first kappa shape index (κ1) is 11.8. The van der Waals surface area contributed by atoms with Crippen molar-refractivity contribution in [2.75, 3.05) is 20.1 Å². The zero-order chi connectivity index (χ0) is 12.9. The Labute approximate surface area is 105 Å². The highest BCUT2D eigenvalue weighted by atomic mass is 19.2. The number of fused-ring (bicyclic) bond motifs is 3. The van der Waals surface area contributed by atoms with E-state index in [4.69, 9.17) is 0 Å². The van der Waals surface area contributed by atoms with E-state index in [0.29, 0.717) is 17.5 Å². The minimum absolute atomic E-state index is 0.0466. The lowest BCUT2D eigenvalue weighted by atomic mass is 9.71. The van der Waals surface area contributed by atoms with Gasteiger partial charge in [-0.15, -0.1) is 0 Å². The summed E-state index contributed by atoms with van der Waals surface area (Å²) in [7, 11) is 2.02. The van der Waals surface area contributed by atoms with Gasteiger partial charge in [0.15, 0.2) is 17.4 Å². The number of halogens is 2. The van der Waals surface area contributed by atoms with Crippen molar-refractivity contribution in [3.63, 3.8) is 0 Å². The normalized spacial score (nSPS) is 27.8. The number of hydrogen-bond donors (Lipinski definition) is 0. The maximum Gasteiger partial charge on any atom is 0.163 e. The Bertz CT molecular complexity index is 515. The second kappa shape index (κ2) is 4.12. The maximum atomic E-state index is 13.4. The predicted octanol–water partition coefficient (Wildman–Crippen LogP) is 2.59. The Morgan fingerprint density at radius 3 is 2.78 bits per heavy atom. The number of ketones is 1. The predicted molar refractivity (Wildman–Crippen MR) is 63.7 cm³/mol. The summed E-state index contributed by atoms with van der Waals surface area (Å²) in [5.41, 5.74) is 1.08. The molecular weight excluding hydrogens is 236 g/mol. The van der Waals surface area contributed by atoms with Crippen molar-refractivity contribution in [1.82, 2.24) is 4.90 Å². The van der Waals surface area contributed by atoms with Crippen LogP contribution in [0.15, 0.2) is 12.1 Å². The molecule has 2 nitrogen and oxygen atoms in total. The van der Waals surface area contributed by atoms with Gasteiger partial charge in [-0.05, 0) is 43.6 Å². The number of carbonyl (C=O) groups is 1. The molecular formula is C14H15F2NO. The van der Waals surface area contributed by atoms with Crippen molar-refractivity contribution in [3.05, 3.63) is 34.9 Å². The van der Waals surface area contributed by atoms with E-state index in [1.165, 1.54) is 6.07 Å². The molecule has 1 aromatic carbocycles. The van der Waals surface area contributed by atoms with Gasteiger partial charge in [0.05, 0.1) is 0 Å². The van der Waals surface area contributed by atoms with Crippen LogP contribution in [-0.4, -0.2) is 30.8 Å². The third-order valence-corrected chi connectivity index (χ3v) is 4.20. The summed E-state index contributed by atoms with van der Waals surface area (Å²) < 4.78 is 26.6. The number of likely N-dealkylation sites (N-methyl/N-ethyl adjacent to an activating group) is 1. The zero-order valence-corrected chi connectivity index (χ0v) is 10.2. The molecule has 0 amide bonds. The van der Waals surface area contributed by atoms with Gasteiger partial charge in [0.2, 0.25) is 0 Å². The second-order valence-corrected chi connectivity index (χ2v) is 5.40. The van der Waals surface area contributed by atoms with Gasteiger partial charge >= 0.3 is 0 Å². The minimum Gasteiger partial charge on any atom is -0.306 e. The van der Waals surface area contributed by atoms with Crippen LogP contribution >= 0.6 is 0 Å². The Morgan fingerprint density at radius 2 is 2.00 bits per heavy atom. The molecule has 4 heteroatoms. The first-order valence-corrected chi connectivity index (χ1v) is 6.27. The van der Waals surface area contributed by atoms with Crippen LogP contribution < -0.4 is 0 Å². The number of benzene rings is 1. The molecule has 96 valence electrons. The van der Waals surface area contributed by atoms with Crippen LogP contribution in [0.3, 0.4) is 0 Å². The first-order chi connectivity index (χ1) is 8.56. The largest absolute Gasteiger partial charge is 0.306 e. The van der Waals surface area contributed by atoms with Gasteiger partial charge in [0.25, 0.3) is 0 Å². The monoisotopic (exact) mass is 251 g/mol. The summed E-state index contributed by atoms with van der Waals surface area (Å²) in [6, 6.07) is 2.29. The van der Waals surface area contributed by atoms with E-state index in [0.717, 1.165) is 25.6 Å². The number of rotatable bonds is 0. The molecule has 18 heavy (non-hydrogen) atoms. The number of carbonyl (C=O) groups excluding carboxylic acids is 1. The molecule has 0 saturated carbocycles. The summed E-state index contributed by atoms with van der Waals surface area (Å²) in [6.45, 7) is 1.78. The highest BCUT2D eigenvalue weighted by Gasteiger charge is 2.37. The van der Waals surface area contributed by atoms with Gasteiger partial charge in [0, 0.05) is 24.4 Å². The smallest absolute Gasteiger partial charge is 0.163 e. The first-order valence-electron chi connectivity index (χ1n) is 6.27. The molecule has 1 aliphatic heterocycles. The highest BCUT2D eigenvalue weighted by molar-refractivity contribution is 5.99. The Hall–Kier alpha value is -1.29. The summed E-state index contributed by atoms with van der Waals surface area (Å²) in [5, 5.41) is 0. The maximum absolute atomic E-state index is 13.4. The fraction of sp³-hybridized carbons (Fsp3) is 0.500. The van der Waals surface area contributed by atoms with Gasteiger partial charge in [0.1, 0.15) is 0 Å². The van der Waals surface area contributed by atoms with E-state index in [1.807, 2.05) is 7.05 Å². The third kappa shape index (κ3) is 1.75. The van der Waals surface area contributed by atoms with Crippen molar-refractivity contribution < 1.29 is 13.6 Å². The molecule has 0 radical (unpaired) electrons. The average molecular weight is 251 g/mol. The van der Waals surface area contributed by atoms with Crippen LogP contribution in [0.4, 0.5) is 8.78 Å². The lowest BCUT2D eigenvalue weighted by Gasteiger charge is -2.40. The molecule has 2 unspecified atom stereocenters. The summed E-state index contributed by atoms with van der Waals surface area (Å²) in [4.78, 5) is 14.2. The van der Waals surface area contributed by atoms with E-state index < -0.39 is 11.6 Å². The zero-order valence-electron chi connectivity index (χ0n) is 10.2. The number of hydrogen-bond acceptors (Lipinski definition) is 2. The van der Waals surface area contributed by atoms with Crippen LogP contribution in [0.25, 0.3) is 0 Å². The third-order valence-electron chi connectivity index (χ3n) is 4.20. The van der Waals surface area contributed by atoms with E-state index in [9.17, 15) is 13.6 Å². The van der Waals surface area contributed by atoms with Gasteiger partial charge in [-0.1, -0.05) is 0 Å². The van der Waals surface area contributed by atoms with Crippen LogP contribution in [-0.2, 0) is 0 Å². The molecule has 0 spiro atoms. The lowest BCUT2D eigenvalue weighted by Crippen LogP contribution is -2.40. The Morgan fingerprint density at radius 1 is 1.28 bits per heavy atom. The molecule has 1 aliphatic carbocycles. The minimum atomic E-state index is -0.926. The summed E-state index contributed by atoms with van der Waals surface area (Å²) in [5.74, 6) is -1.38. The van der Waals surface area contributed by atoms with Crippen molar-refractivity contribution >= 4 is 5.78 Å². The number of likely N-dealkylation sites (tertiary alicyclic amines) is 1. The molecule has 1 saturated heterocycles. The fourth-order valence-corrected chi connectivity index (χ4v) is 3.22. The number of piperidine rings is 1. The molecule has 0 N–H and O–H groups in total. The van der Waals surface area contributed by atoms with Crippen LogP contribution in [0.2, 0.25) is 0 Å². The van der Waals surface area contributed by atoms with E-state index in [2.05, 4.69) is 4.90 Å². The van der Waals surface area contributed by atoms with Gasteiger partial charge in [-0.25, -0.2) is 8.78 Å². The van der Waals surface area contributed by atoms with Crippen LogP contribution in [0, 0.1) is 17.6 Å². The molecule has 2 atom stereocenters. The highest BCUT2D eigenvalue weighted by Crippen LogP contribution is 2.41. The number of Topliss-reactive ketones (excluding diaryl/α,β-unsaturated/α-hetero) is 1. The quantitative estimate of drug-likeness (QED) is 0.706. The van der Waals surface area contributed by atoms with E-state index in [1.54, 1.807) is 0 Å². The van der Waals surface area contributed by atoms with Crippen molar-refractivity contribution in [2.24, 2.45) is 5.92 Å². The summed E-state index contributed by atoms with van der Waals surface area (Å²) in [6.07, 6.45) is 1.42. The van der Waals surface area contributed by atoms with E-state index >= 15 is 0 Å². The fourth-order valence-electron chi connectivity index (χ4n) is 3.22. The second-order valence-electron chi connectivity index (χ2n) is 5.40. The van der Waals surface area contributed by atoms with E-state index in [-0.39, 0.29) is 17.6 Å². The van der Waals surface area contributed by atoms with Crippen LogP contribution in [0.5, 0.6) is 0 Å². The Kier molecular flexibility index (Phi) is 2.70. The van der Waals surface area contributed by atoms with Gasteiger partial charge < -0.3 is 4.90 Å². The molecule has 3 rings (SSSR count). The van der Waals surface area contributed by atoms with Crippen LogP contribution in [0.1, 0.15) is 34.7 Å². The number of nitrogens with zero attached hydrogens (tertiary/aromatic N) is 1. The molecule has 2 aliphatic rings. The van der Waals surface area contributed by atoms with Crippen molar-refractivity contribution in [2.45, 2.75) is 18.8 Å². The molecule has 1 fully saturated rings. The van der Waals surface area contributed by atoms with Crippen molar-refractivity contribution in [1.29, 1.82) is 0 Å². The average Bonchev–Trinajstić information content (AvgIpc) is 2.33. The topological polar surface area (TPSA) is 20.3 Å². The van der Waals surface area contributed by atoms with Gasteiger partial charge in [-0.2, -0.15) is 0 Å².